The maximum Gasteiger partial charge on any atom is 0.122 e. The lowest BCUT2D eigenvalue weighted by atomic mass is 9.76. The summed E-state index contributed by atoms with van der Waals surface area (Å²) in [5, 5.41) is 3.69. The lowest BCUT2D eigenvalue weighted by Crippen LogP contribution is -2.37. The number of benzene rings is 1. The average molecular weight is 273 g/mol. The van der Waals surface area contributed by atoms with Gasteiger partial charge >= 0.3 is 0 Å². The van der Waals surface area contributed by atoms with Crippen molar-refractivity contribution in [2.45, 2.75) is 57.9 Å². The fourth-order valence-corrected chi connectivity index (χ4v) is 3.92. The summed E-state index contributed by atoms with van der Waals surface area (Å²) in [4.78, 5) is 0. The van der Waals surface area contributed by atoms with Gasteiger partial charge in [0.1, 0.15) is 5.75 Å². The van der Waals surface area contributed by atoms with Crippen LogP contribution in [0, 0.1) is 5.41 Å². The van der Waals surface area contributed by atoms with Crippen LogP contribution in [-0.2, 0) is 0 Å². The summed E-state index contributed by atoms with van der Waals surface area (Å²) in [7, 11) is 0. The summed E-state index contributed by atoms with van der Waals surface area (Å²) in [6.07, 6.45) is 6.84. The highest BCUT2D eigenvalue weighted by molar-refractivity contribution is 5.39. The van der Waals surface area contributed by atoms with Crippen LogP contribution in [0.1, 0.15) is 57.4 Å². The lowest BCUT2D eigenvalue weighted by Gasteiger charge is -2.32. The van der Waals surface area contributed by atoms with Gasteiger partial charge in [-0.3, -0.25) is 0 Å². The van der Waals surface area contributed by atoms with Gasteiger partial charge in [-0.1, -0.05) is 44.9 Å². The fourth-order valence-electron chi connectivity index (χ4n) is 3.92. The second-order valence-electron chi connectivity index (χ2n) is 6.99. The van der Waals surface area contributed by atoms with E-state index in [2.05, 4.69) is 43.4 Å². The molecule has 1 unspecified atom stereocenters. The van der Waals surface area contributed by atoms with Crippen molar-refractivity contribution in [2.24, 2.45) is 5.41 Å². The van der Waals surface area contributed by atoms with Crippen LogP contribution in [0.5, 0.6) is 5.75 Å². The minimum Gasteiger partial charge on any atom is -0.493 e. The van der Waals surface area contributed by atoms with Gasteiger partial charge in [0.15, 0.2) is 0 Å². The predicted molar refractivity (Wildman–Crippen MR) is 83.3 cm³/mol. The molecule has 20 heavy (non-hydrogen) atoms. The highest BCUT2D eigenvalue weighted by Crippen LogP contribution is 2.47. The average Bonchev–Trinajstić information content (AvgIpc) is 3.06. The van der Waals surface area contributed by atoms with Gasteiger partial charge in [-0.05, 0) is 30.7 Å². The van der Waals surface area contributed by atoms with Crippen LogP contribution in [-0.4, -0.2) is 19.2 Å². The summed E-state index contributed by atoms with van der Waals surface area (Å²) in [6.45, 7) is 6.54. The molecule has 0 amide bonds. The maximum atomic E-state index is 5.87. The van der Waals surface area contributed by atoms with Crippen molar-refractivity contribution in [1.82, 2.24) is 5.32 Å². The Morgan fingerprint density at radius 1 is 1.25 bits per heavy atom. The SMILES string of the molecule is CC(C)NCC1(CC2COc3ccccc32)CCCC1. The molecule has 0 spiro atoms. The molecule has 2 aliphatic rings. The normalized spacial score (nSPS) is 23.9. The van der Waals surface area contributed by atoms with Gasteiger partial charge in [-0.25, -0.2) is 0 Å². The minimum atomic E-state index is 0.496. The Balaban J connectivity index is 1.71. The molecule has 2 heteroatoms. The summed E-state index contributed by atoms with van der Waals surface area (Å²) in [5.74, 6) is 1.71. The molecule has 1 aromatic carbocycles. The highest BCUT2D eigenvalue weighted by atomic mass is 16.5. The quantitative estimate of drug-likeness (QED) is 0.871. The lowest BCUT2D eigenvalue weighted by molar-refractivity contribution is 0.211. The molecular formula is C18H27NO. The largest absolute Gasteiger partial charge is 0.493 e. The van der Waals surface area contributed by atoms with Crippen molar-refractivity contribution in [3.05, 3.63) is 29.8 Å². The van der Waals surface area contributed by atoms with E-state index in [1.54, 1.807) is 0 Å². The third kappa shape index (κ3) is 2.85. The van der Waals surface area contributed by atoms with Gasteiger partial charge in [-0.2, -0.15) is 0 Å². The zero-order valence-electron chi connectivity index (χ0n) is 12.8. The van der Waals surface area contributed by atoms with Gasteiger partial charge in [0.2, 0.25) is 0 Å². The molecule has 1 aromatic rings. The highest BCUT2D eigenvalue weighted by Gasteiger charge is 2.38. The standard InChI is InChI=1S/C18H27NO/c1-14(2)19-13-18(9-5-6-10-18)11-15-12-20-17-8-4-3-7-16(15)17/h3-4,7-8,14-15,19H,5-6,9-13H2,1-2H3. The van der Waals surface area contributed by atoms with Crippen LogP contribution in [0.3, 0.4) is 0 Å². The molecule has 0 saturated heterocycles. The third-order valence-corrected chi connectivity index (χ3v) is 5.03. The molecule has 0 bridgehead atoms. The molecule has 1 aliphatic heterocycles. The topological polar surface area (TPSA) is 21.3 Å². The van der Waals surface area contributed by atoms with Crippen molar-refractivity contribution in [2.75, 3.05) is 13.2 Å². The Morgan fingerprint density at radius 3 is 2.75 bits per heavy atom. The number of hydrogen-bond acceptors (Lipinski definition) is 2. The van der Waals surface area contributed by atoms with E-state index in [0.717, 1.165) is 12.4 Å². The van der Waals surface area contributed by atoms with Gasteiger partial charge in [-0.15, -0.1) is 0 Å². The number of nitrogens with one attached hydrogen (secondary N) is 1. The second kappa shape index (κ2) is 5.77. The van der Waals surface area contributed by atoms with Crippen LogP contribution in [0.2, 0.25) is 0 Å². The van der Waals surface area contributed by atoms with Gasteiger partial charge in [0.25, 0.3) is 0 Å². The molecule has 0 radical (unpaired) electrons. The fraction of sp³-hybridized carbons (Fsp3) is 0.667. The molecule has 2 nitrogen and oxygen atoms in total. The number of para-hydroxylation sites is 1. The first-order valence-corrected chi connectivity index (χ1v) is 8.14. The molecule has 0 aromatic heterocycles. The second-order valence-corrected chi connectivity index (χ2v) is 6.99. The summed E-state index contributed by atoms with van der Waals surface area (Å²) >= 11 is 0. The Morgan fingerprint density at radius 2 is 2.00 bits per heavy atom. The molecule has 1 N–H and O–H groups in total. The van der Waals surface area contributed by atoms with Crippen molar-refractivity contribution in [3.63, 3.8) is 0 Å². The Kier molecular flexibility index (Phi) is 4.02. The monoisotopic (exact) mass is 273 g/mol. The van der Waals surface area contributed by atoms with Gasteiger partial charge in [0, 0.05) is 24.1 Å². The van der Waals surface area contributed by atoms with E-state index in [0.29, 0.717) is 17.4 Å². The van der Waals surface area contributed by atoms with Crippen molar-refractivity contribution in [3.8, 4) is 5.75 Å². The Bertz CT molecular complexity index is 448. The molecular weight excluding hydrogens is 246 g/mol. The first-order valence-electron chi connectivity index (χ1n) is 8.14. The van der Waals surface area contributed by atoms with E-state index in [9.17, 15) is 0 Å². The molecule has 1 heterocycles. The molecule has 110 valence electrons. The number of ether oxygens (including phenoxy) is 1. The zero-order valence-corrected chi connectivity index (χ0v) is 12.8. The minimum absolute atomic E-state index is 0.496. The summed E-state index contributed by atoms with van der Waals surface area (Å²) < 4.78 is 5.87. The number of fused-ring (bicyclic) bond motifs is 1. The van der Waals surface area contributed by atoms with Crippen LogP contribution >= 0.6 is 0 Å². The van der Waals surface area contributed by atoms with E-state index in [-0.39, 0.29) is 0 Å². The molecule has 1 aliphatic carbocycles. The molecule has 1 fully saturated rings. The van der Waals surface area contributed by atoms with Crippen LogP contribution in [0.15, 0.2) is 24.3 Å². The van der Waals surface area contributed by atoms with E-state index in [1.807, 2.05) is 0 Å². The van der Waals surface area contributed by atoms with E-state index < -0.39 is 0 Å². The van der Waals surface area contributed by atoms with E-state index >= 15 is 0 Å². The molecule has 1 atom stereocenters. The number of rotatable bonds is 5. The van der Waals surface area contributed by atoms with Crippen LogP contribution in [0.4, 0.5) is 0 Å². The van der Waals surface area contributed by atoms with Crippen molar-refractivity contribution >= 4 is 0 Å². The first kappa shape index (κ1) is 13.9. The van der Waals surface area contributed by atoms with Gasteiger partial charge < -0.3 is 10.1 Å². The predicted octanol–water partition coefficient (Wildman–Crippen LogP) is 4.11. The van der Waals surface area contributed by atoms with Crippen LogP contribution < -0.4 is 10.1 Å². The summed E-state index contributed by atoms with van der Waals surface area (Å²) in [6, 6.07) is 9.18. The third-order valence-electron chi connectivity index (χ3n) is 5.03. The van der Waals surface area contributed by atoms with E-state index in [1.165, 1.54) is 44.2 Å². The number of hydrogen-bond donors (Lipinski definition) is 1. The Hall–Kier alpha value is -1.02. The van der Waals surface area contributed by atoms with Crippen LogP contribution in [0.25, 0.3) is 0 Å². The molecule has 3 rings (SSSR count). The maximum absolute atomic E-state index is 5.87. The van der Waals surface area contributed by atoms with Crippen molar-refractivity contribution < 1.29 is 4.74 Å². The van der Waals surface area contributed by atoms with Gasteiger partial charge in [0.05, 0.1) is 6.61 Å². The zero-order chi connectivity index (χ0) is 14.0. The van der Waals surface area contributed by atoms with Crippen molar-refractivity contribution in [1.29, 1.82) is 0 Å². The molecule has 1 saturated carbocycles. The Labute approximate surface area is 122 Å². The van der Waals surface area contributed by atoms with E-state index in [4.69, 9.17) is 4.74 Å². The summed E-state index contributed by atoms with van der Waals surface area (Å²) in [5.41, 5.74) is 1.93. The first-order chi connectivity index (χ1) is 9.69. The smallest absolute Gasteiger partial charge is 0.122 e.